The zero-order chi connectivity index (χ0) is 12.5. The highest BCUT2D eigenvalue weighted by molar-refractivity contribution is 9.10. The lowest BCUT2D eigenvalue weighted by Gasteiger charge is -2.04. The maximum absolute atomic E-state index is 12.8. The Balaban J connectivity index is 1.99. The zero-order valence-corrected chi connectivity index (χ0v) is 11.0. The molecule has 1 heterocycles. The number of aromatic nitrogens is 1. The number of hydrogen-bond acceptors (Lipinski definition) is 1. The molecule has 2 aromatic carbocycles. The van der Waals surface area contributed by atoms with Crippen LogP contribution in [-0.4, -0.2) is 4.98 Å². The minimum atomic E-state index is -0.234. The molecule has 3 rings (SSSR count). The molecule has 0 aliphatic heterocycles. The number of halogens is 2. The largest absolute Gasteiger partial charge is 0.359 e. The highest BCUT2D eigenvalue weighted by Gasteiger charge is 2.04. The molecule has 3 aromatic rings. The van der Waals surface area contributed by atoms with Crippen LogP contribution in [0.15, 0.2) is 53.1 Å². The van der Waals surface area contributed by atoms with Crippen molar-refractivity contribution in [1.82, 2.24) is 4.98 Å². The van der Waals surface area contributed by atoms with Crippen LogP contribution in [-0.2, 0) is 0 Å². The smallest absolute Gasteiger partial charge is 0.123 e. The second-order valence-corrected chi connectivity index (χ2v) is 4.94. The molecule has 90 valence electrons. The van der Waals surface area contributed by atoms with E-state index in [0.29, 0.717) is 0 Å². The van der Waals surface area contributed by atoms with E-state index in [9.17, 15) is 4.39 Å². The van der Waals surface area contributed by atoms with Crippen LogP contribution in [0.3, 0.4) is 0 Å². The van der Waals surface area contributed by atoms with Gasteiger partial charge in [-0.1, -0.05) is 15.9 Å². The van der Waals surface area contributed by atoms with Gasteiger partial charge in [0, 0.05) is 27.3 Å². The van der Waals surface area contributed by atoms with E-state index in [1.807, 2.05) is 24.4 Å². The molecule has 2 nitrogen and oxygen atoms in total. The zero-order valence-electron chi connectivity index (χ0n) is 9.37. The Morgan fingerprint density at radius 1 is 1.06 bits per heavy atom. The van der Waals surface area contributed by atoms with Gasteiger partial charge in [-0.3, -0.25) is 0 Å². The minimum absolute atomic E-state index is 0.234. The van der Waals surface area contributed by atoms with Crippen molar-refractivity contribution in [3.8, 4) is 0 Å². The Morgan fingerprint density at radius 3 is 2.61 bits per heavy atom. The van der Waals surface area contributed by atoms with Crippen molar-refractivity contribution >= 4 is 38.2 Å². The van der Waals surface area contributed by atoms with Gasteiger partial charge in [0.25, 0.3) is 0 Å². The summed E-state index contributed by atoms with van der Waals surface area (Å²) in [6.07, 6.45) is 1.90. The molecule has 0 unspecified atom stereocenters. The SMILES string of the molecule is Fc1ccc(Nc2c[nH]c3ccc(Br)cc23)cc1. The van der Waals surface area contributed by atoms with Gasteiger partial charge in [0.05, 0.1) is 5.69 Å². The summed E-state index contributed by atoms with van der Waals surface area (Å²) in [4.78, 5) is 3.19. The molecule has 0 atom stereocenters. The molecule has 0 radical (unpaired) electrons. The molecule has 0 amide bonds. The van der Waals surface area contributed by atoms with Gasteiger partial charge >= 0.3 is 0 Å². The summed E-state index contributed by atoms with van der Waals surface area (Å²) in [6.45, 7) is 0. The molecule has 1 aromatic heterocycles. The summed E-state index contributed by atoms with van der Waals surface area (Å²) >= 11 is 3.45. The van der Waals surface area contributed by atoms with Crippen LogP contribution in [0.1, 0.15) is 0 Å². The fourth-order valence-corrected chi connectivity index (χ4v) is 2.25. The third-order valence-corrected chi connectivity index (χ3v) is 3.26. The molecule has 0 fully saturated rings. The Hall–Kier alpha value is -1.81. The number of hydrogen-bond donors (Lipinski definition) is 2. The van der Waals surface area contributed by atoms with Crippen molar-refractivity contribution in [2.75, 3.05) is 5.32 Å². The summed E-state index contributed by atoms with van der Waals surface area (Å²) in [5.74, 6) is -0.234. The van der Waals surface area contributed by atoms with E-state index in [0.717, 1.165) is 26.8 Å². The average Bonchev–Trinajstić information content (AvgIpc) is 2.75. The summed E-state index contributed by atoms with van der Waals surface area (Å²) in [7, 11) is 0. The van der Waals surface area contributed by atoms with Crippen molar-refractivity contribution in [3.05, 3.63) is 59.0 Å². The Labute approximate surface area is 112 Å². The second kappa shape index (κ2) is 4.46. The van der Waals surface area contributed by atoms with Gasteiger partial charge in [0.2, 0.25) is 0 Å². The van der Waals surface area contributed by atoms with E-state index in [1.165, 1.54) is 12.1 Å². The number of aromatic amines is 1. The molecule has 18 heavy (non-hydrogen) atoms. The molecule has 2 N–H and O–H groups in total. The van der Waals surface area contributed by atoms with Crippen LogP contribution in [0, 0.1) is 5.82 Å². The molecule has 0 saturated carbocycles. The highest BCUT2D eigenvalue weighted by atomic mass is 79.9. The van der Waals surface area contributed by atoms with Gasteiger partial charge in [-0.2, -0.15) is 0 Å². The first-order valence-electron chi connectivity index (χ1n) is 5.51. The second-order valence-electron chi connectivity index (χ2n) is 4.02. The topological polar surface area (TPSA) is 27.8 Å². The van der Waals surface area contributed by atoms with E-state index in [4.69, 9.17) is 0 Å². The van der Waals surface area contributed by atoms with E-state index in [2.05, 4.69) is 26.2 Å². The van der Waals surface area contributed by atoms with Crippen LogP contribution in [0.4, 0.5) is 15.8 Å². The van der Waals surface area contributed by atoms with Gasteiger partial charge in [-0.25, -0.2) is 4.39 Å². The first-order valence-corrected chi connectivity index (χ1v) is 6.31. The monoisotopic (exact) mass is 304 g/mol. The Morgan fingerprint density at radius 2 is 1.83 bits per heavy atom. The van der Waals surface area contributed by atoms with Crippen molar-refractivity contribution in [2.24, 2.45) is 0 Å². The molecule has 4 heteroatoms. The maximum Gasteiger partial charge on any atom is 0.123 e. The predicted molar refractivity (Wildman–Crippen MR) is 75.7 cm³/mol. The van der Waals surface area contributed by atoms with Crippen LogP contribution in [0.25, 0.3) is 10.9 Å². The van der Waals surface area contributed by atoms with Crippen molar-refractivity contribution in [3.63, 3.8) is 0 Å². The average molecular weight is 305 g/mol. The molecule has 0 saturated heterocycles. The maximum atomic E-state index is 12.8. The summed E-state index contributed by atoms with van der Waals surface area (Å²) in [5.41, 5.74) is 2.89. The van der Waals surface area contributed by atoms with Gasteiger partial charge < -0.3 is 10.3 Å². The first kappa shape index (κ1) is 11.3. The molecule has 0 spiro atoms. The molecule has 0 aliphatic rings. The summed E-state index contributed by atoms with van der Waals surface area (Å²) in [6, 6.07) is 12.3. The molecular formula is C14H10BrFN2. The fraction of sp³-hybridized carbons (Fsp3) is 0. The van der Waals surface area contributed by atoms with Crippen LogP contribution in [0.5, 0.6) is 0 Å². The number of H-pyrrole nitrogens is 1. The lowest BCUT2D eigenvalue weighted by Crippen LogP contribution is -1.88. The fourth-order valence-electron chi connectivity index (χ4n) is 1.88. The number of rotatable bonds is 2. The lowest BCUT2D eigenvalue weighted by molar-refractivity contribution is 0.628. The molecular weight excluding hydrogens is 295 g/mol. The normalized spacial score (nSPS) is 10.8. The van der Waals surface area contributed by atoms with E-state index in [1.54, 1.807) is 12.1 Å². The van der Waals surface area contributed by atoms with E-state index < -0.39 is 0 Å². The Bertz CT molecular complexity index is 689. The number of fused-ring (bicyclic) bond motifs is 1. The van der Waals surface area contributed by atoms with Gasteiger partial charge in [-0.05, 0) is 42.5 Å². The Kier molecular flexibility index (Phi) is 2.80. The van der Waals surface area contributed by atoms with Gasteiger partial charge in [0.1, 0.15) is 5.82 Å². The summed E-state index contributed by atoms with van der Waals surface area (Å²) < 4.78 is 13.9. The van der Waals surface area contributed by atoms with E-state index >= 15 is 0 Å². The third-order valence-electron chi connectivity index (χ3n) is 2.77. The quantitative estimate of drug-likeness (QED) is 0.698. The molecule has 0 bridgehead atoms. The van der Waals surface area contributed by atoms with Crippen LogP contribution >= 0.6 is 15.9 Å². The lowest BCUT2D eigenvalue weighted by atomic mass is 10.2. The van der Waals surface area contributed by atoms with Crippen molar-refractivity contribution < 1.29 is 4.39 Å². The van der Waals surface area contributed by atoms with Crippen LogP contribution < -0.4 is 5.32 Å². The van der Waals surface area contributed by atoms with Crippen molar-refractivity contribution in [1.29, 1.82) is 0 Å². The van der Waals surface area contributed by atoms with Gasteiger partial charge in [0.15, 0.2) is 0 Å². The van der Waals surface area contributed by atoms with Crippen LogP contribution in [0.2, 0.25) is 0 Å². The molecule has 0 aliphatic carbocycles. The number of anilines is 2. The summed E-state index contributed by atoms with van der Waals surface area (Å²) in [5, 5.41) is 4.35. The highest BCUT2D eigenvalue weighted by Crippen LogP contribution is 2.28. The van der Waals surface area contributed by atoms with Gasteiger partial charge in [-0.15, -0.1) is 0 Å². The first-order chi connectivity index (χ1) is 8.72. The third kappa shape index (κ3) is 2.11. The minimum Gasteiger partial charge on any atom is -0.359 e. The standard InChI is InChI=1S/C14H10BrFN2/c15-9-1-6-13-12(7-9)14(8-17-13)18-11-4-2-10(16)3-5-11/h1-8,17-18H. The number of nitrogens with one attached hydrogen (secondary N) is 2. The van der Waals surface area contributed by atoms with E-state index in [-0.39, 0.29) is 5.82 Å². The van der Waals surface area contributed by atoms with Crippen molar-refractivity contribution in [2.45, 2.75) is 0 Å². The number of benzene rings is 2. The predicted octanol–water partition coefficient (Wildman–Crippen LogP) is 4.81.